The molecule has 0 aliphatic carbocycles. The number of nitrogens with one attached hydrogen (secondary N) is 1. The molecule has 4 rings (SSSR count). The summed E-state index contributed by atoms with van der Waals surface area (Å²) in [4.78, 5) is 30.9. The molecule has 8 heteroatoms. The Balaban J connectivity index is 1.42. The monoisotopic (exact) mass is 580 g/mol. The van der Waals surface area contributed by atoms with Crippen molar-refractivity contribution in [3.63, 3.8) is 0 Å². The van der Waals surface area contributed by atoms with Gasteiger partial charge >= 0.3 is 0 Å². The van der Waals surface area contributed by atoms with Crippen LogP contribution >= 0.6 is 23.2 Å². The van der Waals surface area contributed by atoms with Crippen LogP contribution in [0.3, 0.4) is 0 Å². The molecule has 6 nitrogen and oxygen atoms in total. The second kappa shape index (κ2) is 14.0. The molecule has 1 saturated heterocycles. The first-order valence-corrected chi connectivity index (χ1v) is 14.5. The minimum Gasteiger partial charge on any atom is -0.369 e. The number of hydrogen-bond acceptors (Lipinski definition) is 4. The second-order valence-corrected chi connectivity index (χ2v) is 11.5. The molecule has 3 aromatic carbocycles. The Morgan fingerprint density at radius 1 is 0.975 bits per heavy atom. The number of amides is 2. The van der Waals surface area contributed by atoms with E-state index in [4.69, 9.17) is 23.2 Å². The van der Waals surface area contributed by atoms with E-state index in [2.05, 4.69) is 33.3 Å². The number of likely N-dealkylation sites (N-methyl/N-ethyl adjacent to an activating group) is 1. The lowest BCUT2D eigenvalue weighted by Crippen LogP contribution is -2.47. The number of carbonyl (C=O) groups is 2. The number of benzene rings is 3. The minimum absolute atomic E-state index is 0.0215. The lowest BCUT2D eigenvalue weighted by molar-refractivity contribution is -0.109. The van der Waals surface area contributed by atoms with E-state index in [1.54, 1.807) is 0 Å². The first-order chi connectivity index (χ1) is 19.2. The highest BCUT2D eigenvalue weighted by Gasteiger charge is 2.23. The Morgan fingerprint density at radius 2 is 1.68 bits per heavy atom. The Hall–Kier alpha value is -3.06. The molecule has 40 heavy (non-hydrogen) atoms. The van der Waals surface area contributed by atoms with Crippen molar-refractivity contribution in [3.05, 3.63) is 98.5 Å². The van der Waals surface area contributed by atoms with E-state index >= 15 is 0 Å². The quantitative estimate of drug-likeness (QED) is 0.286. The van der Waals surface area contributed by atoms with Crippen molar-refractivity contribution in [3.8, 4) is 0 Å². The van der Waals surface area contributed by atoms with Crippen molar-refractivity contribution in [2.45, 2.75) is 32.7 Å². The molecule has 1 N–H and O–H groups in total. The van der Waals surface area contributed by atoms with E-state index in [1.165, 1.54) is 5.69 Å². The van der Waals surface area contributed by atoms with Gasteiger partial charge in [0.1, 0.15) is 0 Å². The van der Waals surface area contributed by atoms with E-state index in [9.17, 15) is 9.59 Å². The van der Waals surface area contributed by atoms with Crippen LogP contribution in [0.4, 0.5) is 5.69 Å². The SMILES string of the molecule is Cc1cc(C)cc(C(=O)N(C)C[C@@H](CCN2CCN(c3ccccc3CNC=O)CC2)c2ccc(Cl)c(Cl)c2)c1. The molecular formula is C32H38Cl2N4O2. The Kier molecular flexibility index (Phi) is 10.5. The number of aryl methyl sites for hydroxylation is 2. The molecule has 2 amide bonds. The number of hydrogen-bond donors (Lipinski definition) is 1. The normalized spacial score (nSPS) is 14.6. The Bertz CT molecular complexity index is 1300. The highest BCUT2D eigenvalue weighted by molar-refractivity contribution is 6.42. The number of para-hydroxylation sites is 1. The molecule has 1 atom stereocenters. The number of carbonyl (C=O) groups excluding carboxylic acids is 2. The summed E-state index contributed by atoms with van der Waals surface area (Å²) in [5.41, 5.74) is 6.27. The zero-order chi connectivity index (χ0) is 28.6. The second-order valence-electron chi connectivity index (χ2n) is 10.7. The van der Waals surface area contributed by atoms with Crippen molar-refractivity contribution in [1.82, 2.24) is 15.1 Å². The Morgan fingerprint density at radius 3 is 2.35 bits per heavy atom. The van der Waals surface area contributed by atoms with Crippen LogP contribution in [-0.2, 0) is 11.3 Å². The largest absolute Gasteiger partial charge is 0.369 e. The van der Waals surface area contributed by atoms with Gasteiger partial charge in [0, 0.05) is 63.5 Å². The van der Waals surface area contributed by atoms with E-state index in [0.717, 1.165) is 67.8 Å². The summed E-state index contributed by atoms with van der Waals surface area (Å²) < 4.78 is 0. The van der Waals surface area contributed by atoms with Crippen LogP contribution in [0.25, 0.3) is 0 Å². The molecule has 3 aromatic rings. The topological polar surface area (TPSA) is 55.9 Å². The zero-order valence-electron chi connectivity index (χ0n) is 23.5. The summed E-state index contributed by atoms with van der Waals surface area (Å²) in [5.74, 6) is 0.135. The van der Waals surface area contributed by atoms with Crippen LogP contribution in [0.5, 0.6) is 0 Å². The molecule has 0 spiro atoms. The van der Waals surface area contributed by atoms with Gasteiger partial charge in [-0.2, -0.15) is 0 Å². The third kappa shape index (κ3) is 7.78. The third-order valence-electron chi connectivity index (χ3n) is 7.60. The zero-order valence-corrected chi connectivity index (χ0v) is 25.0. The summed E-state index contributed by atoms with van der Waals surface area (Å²) in [6.45, 7) is 9.79. The molecule has 1 fully saturated rings. The molecule has 0 saturated carbocycles. The lowest BCUT2D eigenvalue weighted by atomic mass is 9.94. The number of piperazine rings is 1. The fourth-order valence-electron chi connectivity index (χ4n) is 5.53. The molecule has 1 aliphatic rings. The van der Waals surface area contributed by atoms with E-state index < -0.39 is 0 Å². The highest BCUT2D eigenvalue weighted by atomic mass is 35.5. The third-order valence-corrected chi connectivity index (χ3v) is 8.34. The fourth-order valence-corrected chi connectivity index (χ4v) is 5.84. The number of nitrogens with zero attached hydrogens (tertiary/aromatic N) is 3. The van der Waals surface area contributed by atoms with Gasteiger partial charge in [0.25, 0.3) is 5.91 Å². The van der Waals surface area contributed by atoms with Crippen LogP contribution in [0, 0.1) is 13.8 Å². The predicted octanol–water partition coefficient (Wildman–Crippen LogP) is 5.92. The van der Waals surface area contributed by atoms with Crippen molar-refractivity contribution in [1.29, 1.82) is 0 Å². The van der Waals surface area contributed by atoms with Gasteiger partial charge in [-0.1, -0.05) is 64.7 Å². The van der Waals surface area contributed by atoms with E-state index in [-0.39, 0.29) is 11.8 Å². The average molecular weight is 582 g/mol. The maximum atomic E-state index is 13.3. The summed E-state index contributed by atoms with van der Waals surface area (Å²) in [6.07, 6.45) is 1.63. The van der Waals surface area contributed by atoms with Crippen LogP contribution in [0.15, 0.2) is 60.7 Å². The summed E-state index contributed by atoms with van der Waals surface area (Å²) in [5, 5.41) is 3.85. The van der Waals surface area contributed by atoms with Gasteiger partial charge in [-0.15, -0.1) is 0 Å². The van der Waals surface area contributed by atoms with Crippen LogP contribution < -0.4 is 10.2 Å². The molecule has 0 bridgehead atoms. The number of rotatable bonds is 11. The maximum Gasteiger partial charge on any atom is 0.253 e. The van der Waals surface area contributed by atoms with Crippen molar-refractivity contribution in [2.75, 3.05) is 51.2 Å². The predicted molar refractivity (Wildman–Crippen MR) is 165 cm³/mol. The molecule has 0 aromatic heterocycles. The summed E-state index contributed by atoms with van der Waals surface area (Å²) >= 11 is 12.6. The van der Waals surface area contributed by atoms with Crippen LogP contribution in [0.2, 0.25) is 10.0 Å². The molecule has 212 valence electrons. The highest BCUT2D eigenvalue weighted by Crippen LogP contribution is 2.30. The van der Waals surface area contributed by atoms with Crippen LogP contribution in [-0.4, -0.2) is 68.4 Å². The van der Waals surface area contributed by atoms with Gasteiger partial charge in [0.15, 0.2) is 0 Å². The maximum absolute atomic E-state index is 13.3. The van der Waals surface area contributed by atoms with Gasteiger partial charge in [-0.05, 0) is 68.3 Å². The van der Waals surface area contributed by atoms with Gasteiger partial charge in [-0.25, -0.2) is 0 Å². The summed E-state index contributed by atoms with van der Waals surface area (Å²) in [6, 6.07) is 20.0. The van der Waals surface area contributed by atoms with Crippen molar-refractivity contribution in [2.24, 2.45) is 0 Å². The standard InChI is InChI=1S/C32H38Cl2N4O2/c1-23-16-24(2)18-28(17-23)32(40)36(3)21-27(25-8-9-29(33)30(34)19-25)10-11-37-12-14-38(15-13-37)31-7-5-4-6-26(31)20-35-22-39/h4-9,16-19,22,27H,10-15,20-21H2,1-3H3,(H,35,39)/t27-/m1/s1. The smallest absolute Gasteiger partial charge is 0.253 e. The molecule has 1 heterocycles. The lowest BCUT2D eigenvalue weighted by Gasteiger charge is -2.37. The molecule has 0 radical (unpaired) electrons. The first-order valence-electron chi connectivity index (χ1n) is 13.8. The molecule has 1 aliphatic heterocycles. The van der Waals surface area contributed by atoms with Crippen LogP contribution in [0.1, 0.15) is 45.0 Å². The van der Waals surface area contributed by atoms with Gasteiger partial charge < -0.3 is 15.1 Å². The van der Waals surface area contributed by atoms with Gasteiger partial charge in [0.05, 0.1) is 10.0 Å². The summed E-state index contributed by atoms with van der Waals surface area (Å²) in [7, 11) is 1.88. The first kappa shape index (κ1) is 29.9. The average Bonchev–Trinajstić information content (AvgIpc) is 2.95. The van der Waals surface area contributed by atoms with Crippen molar-refractivity contribution >= 4 is 41.2 Å². The van der Waals surface area contributed by atoms with Crippen molar-refractivity contribution < 1.29 is 9.59 Å². The van der Waals surface area contributed by atoms with Gasteiger partial charge in [-0.3, -0.25) is 14.5 Å². The van der Waals surface area contributed by atoms with E-state index in [0.29, 0.717) is 28.7 Å². The fraction of sp³-hybridized carbons (Fsp3) is 0.375. The number of anilines is 1. The Labute approximate surface area is 247 Å². The molecule has 0 unspecified atom stereocenters. The van der Waals surface area contributed by atoms with E-state index in [1.807, 2.05) is 68.3 Å². The number of halogens is 2. The molecular weight excluding hydrogens is 543 g/mol. The van der Waals surface area contributed by atoms with Gasteiger partial charge in [0.2, 0.25) is 6.41 Å². The minimum atomic E-state index is 0.0215.